The molecule has 3 heteroatoms. The van der Waals surface area contributed by atoms with E-state index in [0.29, 0.717) is 0 Å². The molecule has 2 aliphatic carbocycles. The van der Waals surface area contributed by atoms with E-state index in [1.165, 1.54) is 0 Å². The molecule has 0 heterocycles. The molecule has 0 fully saturated rings. The maximum atomic E-state index is 10.7. The normalized spacial score (nSPS) is 10.0. The molecule has 0 saturated heterocycles. The minimum Gasteiger partial charge on any atom is -0.455 e. The quantitative estimate of drug-likeness (QED) is 0.446. The fourth-order valence-corrected chi connectivity index (χ4v) is 1.59. The first-order chi connectivity index (χ1) is 7.81. The van der Waals surface area contributed by atoms with Crippen LogP contribution in [0.15, 0.2) is 42.5 Å². The molecule has 80 valence electrons. The topological polar surface area (TPSA) is 43.4 Å². The monoisotopic (exact) mass is 214 g/mol. The van der Waals surface area contributed by atoms with Crippen molar-refractivity contribution in [1.82, 2.24) is 0 Å². The van der Waals surface area contributed by atoms with Gasteiger partial charge in [-0.05, 0) is 16.7 Å². The summed E-state index contributed by atoms with van der Waals surface area (Å²) in [5, 5.41) is 0. The Morgan fingerprint density at radius 1 is 1.12 bits per heavy atom. The Hall–Kier alpha value is -2.16. The second-order valence-electron chi connectivity index (χ2n) is 3.36. The zero-order chi connectivity index (χ0) is 11.4. The highest BCUT2D eigenvalue weighted by Crippen LogP contribution is 2.27. The van der Waals surface area contributed by atoms with E-state index in [0.717, 1.165) is 16.7 Å². The Balaban J connectivity index is 2.21. The number of rotatable bonds is 3. The van der Waals surface area contributed by atoms with Crippen molar-refractivity contribution < 1.29 is 14.3 Å². The Morgan fingerprint density at radius 3 is 2.75 bits per heavy atom. The molecule has 2 rings (SSSR count). The maximum Gasteiger partial charge on any atom is 0.371 e. The van der Waals surface area contributed by atoms with Crippen LogP contribution < -0.4 is 0 Å². The van der Waals surface area contributed by atoms with E-state index in [4.69, 9.17) is 4.74 Å². The van der Waals surface area contributed by atoms with Gasteiger partial charge in [-0.3, -0.25) is 4.79 Å². The Bertz CT molecular complexity index is 491. The van der Waals surface area contributed by atoms with Gasteiger partial charge >= 0.3 is 5.97 Å². The van der Waals surface area contributed by atoms with Gasteiger partial charge in [0.1, 0.15) is 6.61 Å². The van der Waals surface area contributed by atoms with Crippen LogP contribution >= 0.6 is 0 Å². The third-order valence-corrected chi connectivity index (χ3v) is 2.35. The van der Waals surface area contributed by atoms with Crippen LogP contribution in [0.2, 0.25) is 0 Å². The molecule has 0 saturated carbocycles. The lowest BCUT2D eigenvalue weighted by atomic mass is 10.1. The van der Waals surface area contributed by atoms with Crippen LogP contribution in [0.1, 0.15) is 5.56 Å². The Labute approximate surface area is 93.0 Å². The van der Waals surface area contributed by atoms with Crippen molar-refractivity contribution in [2.75, 3.05) is 0 Å². The SMILES string of the molecule is O=CC(=O)OCc1ccc2cccccc1-2. The summed E-state index contributed by atoms with van der Waals surface area (Å²) < 4.78 is 4.77. The van der Waals surface area contributed by atoms with Gasteiger partial charge in [0, 0.05) is 0 Å². The number of carbonyl (C=O) groups is 2. The third-order valence-electron chi connectivity index (χ3n) is 2.35. The third kappa shape index (κ3) is 2.08. The average Bonchev–Trinajstić information content (AvgIpc) is 2.54. The maximum absolute atomic E-state index is 10.7. The molecule has 0 radical (unpaired) electrons. The molecule has 3 nitrogen and oxygen atoms in total. The summed E-state index contributed by atoms with van der Waals surface area (Å²) in [6, 6.07) is 13.6. The molecule has 0 N–H and O–H groups in total. The standard InChI is InChI=1S/C13H10O3/c14-8-13(15)16-9-11-7-6-10-4-2-1-3-5-12(10)11/h1-8H,9H2. The molecule has 16 heavy (non-hydrogen) atoms. The van der Waals surface area contributed by atoms with Gasteiger partial charge in [0.25, 0.3) is 0 Å². The van der Waals surface area contributed by atoms with Crippen molar-refractivity contribution in [3.8, 4) is 11.1 Å². The summed E-state index contributed by atoms with van der Waals surface area (Å²) in [4.78, 5) is 20.8. The Morgan fingerprint density at radius 2 is 1.94 bits per heavy atom. The molecule has 0 spiro atoms. The predicted molar refractivity (Wildman–Crippen MR) is 58.9 cm³/mol. The summed E-state index contributed by atoms with van der Waals surface area (Å²) in [6.45, 7) is 0.130. The highest BCUT2D eigenvalue weighted by molar-refractivity contribution is 6.20. The zero-order valence-corrected chi connectivity index (χ0v) is 8.55. The van der Waals surface area contributed by atoms with Crippen LogP contribution in [-0.2, 0) is 20.9 Å². The number of esters is 1. The lowest BCUT2D eigenvalue weighted by Gasteiger charge is -2.01. The first-order valence-corrected chi connectivity index (χ1v) is 4.90. The molecule has 0 amide bonds. The van der Waals surface area contributed by atoms with Gasteiger partial charge in [-0.2, -0.15) is 0 Å². The van der Waals surface area contributed by atoms with E-state index >= 15 is 0 Å². The van der Waals surface area contributed by atoms with Gasteiger partial charge in [0.2, 0.25) is 6.29 Å². The van der Waals surface area contributed by atoms with Crippen molar-refractivity contribution >= 4 is 12.3 Å². The smallest absolute Gasteiger partial charge is 0.371 e. The largest absolute Gasteiger partial charge is 0.455 e. The molecular weight excluding hydrogens is 204 g/mol. The average molecular weight is 214 g/mol. The highest BCUT2D eigenvalue weighted by atomic mass is 16.5. The van der Waals surface area contributed by atoms with E-state index in [1.807, 2.05) is 42.5 Å². The van der Waals surface area contributed by atoms with E-state index < -0.39 is 5.97 Å². The number of hydrogen-bond donors (Lipinski definition) is 0. The van der Waals surface area contributed by atoms with Crippen molar-refractivity contribution in [2.24, 2.45) is 0 Å². The van der Waals surface area contributed by atoms with Crippen molar-refractivity contribution in [2.45, 2.75) is 6.61 Å². The van der Waals surface area contributed by atoms with Crippen LogP contribution in [0.3, 0.4) is 0 Å². The second-order valence-corrected chi connectivity index (χ2v) is 3.36. The van der Waals surface area contributed by atoms with Crippen LogP contribution in [0.25, 0.3) is 11.1 Å². The fourth-order valence-electron chi connectivity index (χ4n) is 1.59. The Kier molecular flexibility index (Phi) is 2.96. The van der Waals surface area contributed by atoms with Crippen LogP contribution in [0.4, 0.5) is 0 Å². The summed E-state index contributed by atoms with van der Waals surface area (Å²) in [5.74, 6) is -0.838. The van der Waals surface area contributed by atoms with E-state index in [-0.39, 0.29) is 12.9 Å². The molecule has 0 aliphatic heterocycles. The first kappa shape index (κ1) is 10.4. The molecule has 0 bridgehead atoms. The van der Waals surface area contributed by atoms with Crippen molar-refractivity contribution in [3.63, 3.8) is 0 Å². The fraction of sp³-hybridized carbons (Fsp3) is 0.0769. The number of ether oxygens (including phenoxy) is 1. The predicted octanol–water partition coefficient (Wildman–Crippen LogP) is 2.03. The van der Waals surface area contributed by atoms with Crippen molar-refractivity contribution in [3.05, 3.63) is 48.0 Å². The summed E-state index contributed by atoms with van der Waals surface area (Å²) in [5.41, 5.74) is 3.02. The van der Waals surface area contributed by atoms with Gasteiger partial charge < -0.3 is 4.74 Å². The molecule has 0 atom stereocenters. The number of aldehydes is 1. The van der Waals surface area contributed by atoms with Gasteiger partial charge in [0.15, 0.2) is 0 Å². The molecule has 0 aromatic carbocycles. The molecule has 0 unspecified atom stereocenters. The second kappa shape index (κ2) is 4.57. The number of hydrogen-bond acceptors (Lipinski definition) is 3. The first-order valence-electron chi connectivity index (χ1n) is 4.90. The van der Waals surface area contributed by atoms with Gasteiger partial charge in [-0.1, -0.05) is 42.5 Å². The van der Waals surface area contributed by atoms with Crippen LogP contribution in [-0.4, -0.2) is 12.3 Å². The zero-order valence-electron chi connectivity index (χ0n) is 8.55. The van der Waals surface area contributed by atoms with Crippen molar-refractivity contribution in [1.29, 1.82) is 0 Å². The lowest BCUT2D eigenvalue weighted by Crippen LogP contribution is -2.04. The lowest BCUT2D eigenvalue weighted by molar-refractivity contribution is -0.149. The minimum absolute atomic E-state index is 0.130. The van der Waals surface area contributed by atoms with E-state index in [1.54, 1.807) is 0 Å². The summed E-state index contributed by atoms with van der Waals surface area (Å²) >= 11 is 0. The van der Waals surface area contributed by atoms with E-state index in [9.17, 15) is 9.59 Å². The van der Waals surface area contributed by atoms with E-state index in [2.05, 4.69) is 0 Å². The van der Waals surface area contributed by atoms with Gasteiger partial charge in [-0.25, -0.2) is 4.79 Å². The minimum atomic E-state index is -0.838. The van der Waals surface area contributed by atoms with Crippen LogP contribution in [0.5, 0.6) is 0 Å². The van der Waals surface area contributed by atoms with Crippen LogP contribution in [0, 0.1) is 0 Å². The van der Waals surface area contributed by atoms with Gasteiger partial charge in [0.05, 0.1) is 0 Å². The molecule has 2 aliphatic rings. The summed E-state index contributed by atoms with van der Waals surface area (Å²) in [6.07, 6.45) is 0.172. The number of carbonyl (C=O) groups excluding carboxylic acids is 2. The summed E-state index contributed by atoms with van der Waals surface area (Å²) in [7, 11) is 0. The molecule has 0 aromatic heterocycles. The number of fused-ring (bicyclic) bond motifs is 1. The molecular formula is C13H10O3. The molecule has 0 aromatic rings. The highest BCUT2D eigenvalue weighted by Gasteiger charge is 2.09. The van der Waals surface area contributed by atoms with Gasteiger partial charge in [-0.15, -0.1) is 0 Å².